The SMILES string of the molecule is CC1COC(c2ccccc2)CN1C(=O)c1n[nH]c2c1CNCC2.Cl. The summed E-state index contributed by atoms with van der Waals surface area (Å²) in [6.45, 7) is 4.74. The number of halogens is 1. The Hall–Kier alpha value is -1.89. The average Bonchev–Trinajstić information content (AvgIpc) is 3.06. The zero-order valence-electron chi connectivity index (χ0n) is 14.2. The molecule has 1 saturated heterocycles. The first-order valence-electron chi connectivity index (χ1n) is 8.48. The third-order valence-electron chi connectivity index (χ3n) is 4.87. The van der Waals surface area contributed by atoms with Crippen LogP contribution in [0.2, 0.25) is 0 Å². The Balaban J connectivity index is 0.00000182. The van der Waals surface area contributed by atoms with Crippen molar-refractivity contribution in [3.8, 4) is 0 Å². The maximum atomic E-state index is 13.1. The fraction of sp³-hybridized carbons (Fsp3) is 0.444. The molecular weight excluding hydrogens is 340 g/mol. The topological polar surface area (TPSA) is 70.2 Å². The van der Waals surface area contributed by atoms with Crippen molar-refractivity contribution in [3.63, 3.8) is 0 Å². The molecule has 2 unspecified atom stereocenters. The second kappa shape index (κ2) is 7.56. The van der Waals surface area contributed by atoms with Gasteiger partial charge in [0.05, 0.1) is 19.2 Å². The molecule has 25 heavy (non-hydrogen) atoms. The van der Waals surface area contributed by atoms with E-state index in [2.05, 4.69) is 15.5 Å². The van der Waals surface area contributed by atoms with Crippen molar-refractivity contribution in [2.75, 3.05) is 19.7 Å². The van der Waals surface area contributed by atoms with Gasteiger partial charge < -0.3 is 15.0 Å². The number of aromatic amines is 1. The Morgan fingerprint density at radius 2 is 2.12 bits per heavy atom. The van der Waals surface area contributed by atoms with Gasteiger partial charge in [0.1, 0.15) is 6.10 Å². The first-order valence-corrected chi connectivity index (χ1v) is 8.48. The summed E-state index contributed by atoms with van der Waals surface area (Å²) in [6, 6.07) is 10.1. The molecule has 134 valence electrons. The Morgan fingerprint density at radius 3 is 2.92 bits per heavy atom. The van der Waals surface area contributed by atoms with E-state index in [4.69, 9.17) is 4.74 Å². The van der Waals surface area contributed by atoms with Gasteiger partial charge in [-0.05, 0) is 12.5 Å². The highest BCUT2D eigenvalue weighted by atomic mass is 35.5. The number of hydrogen-bond donors (Lipinski definition) is 2. The molecule has 1 fully saturated rings. The van der Waals surface area contributed by atoms with Crippen molar-refractivity contribution >= 4 is 18.3 Å². The number of nitrogens with one attached hydrogen (secondary N) is 2. The van der Waals surface area contributed by atoms with Gasteiger partial charge in [-0.15, -0.1) is 12.4 Å². The number of benzene rings is 1. The first-order chi connectivity index (χ1) is 11.7. The smallest absolute Gasteiger partial charge is 0.275 e. The number of morpholine rings is 1. The van der Waals surface area contributed by atoms with E-state index in [0.717, 1.165) is 29.8 Å². The number of hydrogen-bond acceptors (Lipinski definition) is 4. The molecular formula is C18H23ClN4O2. The van der Waals surface area contributed by atoms with Crippen LogP contribution in [0, 0.1) is 0 Å². The van der Waals surface area contributed by atoms with E-state index in [1.54, 1.807) is 0 Å². The van der Waals surface area contributed by atoms with Crippen molar-refractivity contribution in [1.82, 2.24) is 20.4 Å². The van der Waals surface area contributed by atoms with E-state index in [1.807, 2.05) is 42.2 Å². The van der Waals surface area contributed by atoms with E-state index in [0.29, 0.717) is 25.4 Å². The number of H-pyrrole nitrogens is 1. The summed E-state index contributed by atoms with van der Waals surface area (Å²) >= 11 is 0. The fourth-order valence-electron chi connectivity index (χ4n) is 3.45. The van der Waals surface area contributed by atoms with Gasteiger partial charge in [-0.2, -0.15) is 5.10 Å². The van der Waals surface area contributed by atoms with E-state index in [1.165, 1.54) is 0 Å². The number of fused-ring (bicyclic) bond motifs is 1. The van der Waals surface area contributed by atoms with Crippen LogP contribution in [0.1, 0.15) is 40.3 Å². The zero-order chi connectivity index (χ0) is 16.5. The summed E-state index contributed by atoms with van der Waals surface area (Å²) in [7, 11) is 0. The molecule has 0 bridgehead atoms. The van der Waals surface area contributed by atoms with Crippen LogP contribution in [-0.4, -0.2) is 46.7 Å². The highest BCUT2D eigenvalue weighted by Crippen LogP contribution is 2.27. The maximum Gasteiger partial charge on any atom is 0.275 e. The second-order valence-electron chi connectivity index (χ2n) is 6.50. The minimum absolute atomic E-state index is 0. The first kappa shape index (κ1) is 17.9. The molecule has 2 aliphatic heterocycles. The van der Waals surface area contributed by atoms with E-state index < -0.39 is 0 Å². The van der Waals surface area contributed by atoms with Crippen molar-refractivity contribution < 1.29 is 9.53 Å². The number of rotatable bonds is 2. The molecule has 0 radical (unpaired) electrons. The number of carbonyl (C=O) groups is 1. The molecule has 1 aromatic carbocycles. The van der Waals surface area contributed by atoms with Crippen LogP contribution in [-0.2, 0) is 17.7 Å². The molecule has 2 aromatic rings. The summed E-state index contributed by atoms with van der Waals surface area (Å²) in [4.78, 5) is 15.0. The largest absolute Gasteiger partial charge is 0.370 e. The van der Waals surface area contributed by atoms with Gasteiger partial charge in [0.25, 0.3) is 5.91 Å². The molecule has 6 nitrogen and oxygen atoms in total. The average molecular weight is 363 g/mol. The number of nitrogens with zero attached hydrogens (tertiary/aromatic N) is 2. The molecule has 7 heteroatoms. The number of amides is 1. The van der Waals surface area contributed by atoms with Crippen LogP contribution in [0.3, 0.4) is 0 Å². The Labute approximate surface area is 153 Å². The lowest BCUT2D eigenvalue weighted by Gasteiger charge is -2.38. The standard InChI is InChI=1S/C18H22N4O2.ClH/c1-12-11-24-16(13-5-3-2-4-6-13)10-22(12)18(23)17-14-9-19-8-7-15(14)20-21-17;/h2-6,12,16,19H,7-11H2,1H3,(H,20,21);1H. The van der Waals surface area contributed by atoms with Crippen LogP contribution >= 0.6 is 12.4 Å². The second-order valence-corrected chi connectivity index (χ2v) is 6.50. The van der Waals surface area contributed by atoms with Crippen molar-refractivity contribution in [1.29, 1.82) is 0 Å². The van der Waals surface area contributed by atoms with Crippen LogP contribution in [0.15, 0.2) is 30.3 Å². The monoisotopic (exact) mass is 362 g/mol. The van der Waals surface area contributed by atoms with Crippen molar-refractivity contribution in [3.05, 3.63) is 52.8 Å². The summed E-state index contributed by atoms with van der Waals surface area (Å²) < 4.78 is 5.95. The van der Waals surface area contributed by atoms with E-state index >= 15 is 0 Å². The number of ether oxygens (including phenoxy) is 1. The summed E-state index contributed by atoms with van der Waals surface area (Å²) in [5.41, 5.74) is 3.75. The molecule has 0 spiro atoms. The van der Waals surface area contributed by atoms with Crippen LogP contribution < -0.4 is 5.32 Å². The summed E-state index contributed by atoms with van der Waals surface area (Å²) in [6.07, 6.45) is 0.806. The fourth-order valence-corrected chi connectivity index (χ4v) is 3.45. The molecule has 2 aliphatic rings. The minimum atomic E-state index is -0.0840. The Bertz CT molecular complexity index is 734. The molecule has 4 rings (SSSR count). The van der Waals surface area contributed by atoms with Gasteiger partial charge in [0.15, 0.2) is 5.69 Å². The Morgan fingerprint density at radius 1 is 1.32 bits per heavy atom. The van der Waals surface area contributed by atoms with Gasteiger partial charge >= 0.3 is 0 Å². The van der Waals surface area contributed by atoms with E-state index in [-0.39, 0.29) is 30.5 Å². The third kappa shape index (κ3) is 3.42. The normalized spacial score (nSPS) is 22.8. The van der Waals surface area contributed by atoms with Gasteiger partial charge in [-0.25, -0.2) is 0 Å². The predicted molar refractivity (Wildman–Crippen MR) is 96.9 cm³/mol. The van der Waals surface area contributed by atoms with Gasteiger partial charge in [-0.3, -0.25) is 9.89 Å². The molecule has 1 aromatic heterocycles. The molecule has 0 aliphatic carbocycles. The summed E-state index contributed by atoms with van der Waals surface area (Å²) in [5, 5.41) is 10.7. The van der Waals surface area contributed by atoms with Gasteiger partial charge in [0.2, 0.25) is 0 Å². The molecule has 2 N–H and O–H groups in total. The molecule has 0 saturated carbocycles. The highest BCUT2D eigenvalue weighted by Gasteiger charge is 2.34. The molecule has 2 atom stereocenters. The predicted octanol–water partition coefficient (Wildman–Crippen LogP) is 2.08. The van der Waals surface area contributed by atoms with Gasteiger partial charge in [-0.1, -0.05) is 30.3 Å². The third-order valence-corrected chi connectivity index (χ3v) is 4.87. The van der Waals surface area contributed by atoms with Gasteiger partial charge in [0, 0.05) is 30.8 Å². The minimum Gasteiger partial charge on any atom is -0.370 e. The lowest BCUT2D eigenvalue weighted by molar-refractivity contribution is -0.0488. The van der Waals surface area contributed by atoms with E-state index in [9.17, 15) is 4.79 Å². The zero-order valence-corrected chi connectivity index (χ0v) is 15.0. The molecule has 1 amide bonds. The number of carbonyl (C=O) groups excluding carboxylic acids is 1. The lowest BCUT2D eigenvalue weighted by Crippen LogP contribution is -2.48. The van der Waals surface area contributed by atoms with Crippen LogP contribution in [0.5, 0.6) is 0 Å². The lowest BCUT2D eigenvalue weighted by atomic mass is 10.0. The van der Waals surface area contributed by atoms with Crippen LogP contribution in [0.4, 0.5) is 0 Å². The molecule has 3 heterocycles. The Kier molecular flexibility index (Phi) is 5.42. The number of aromatic nitrogens is 2. The van der Waals surface area contributed by atoms with Crippen LogP contribution in [0.25, 0.3) is 0 Å². The van der Waals surface area contributed by atoms with Crippen molar-refractivity contribution in [2.45, 2.75) is 32.0 Å². The quantitative estimate of drug-likeness (QED) is 0.858. The summed E-state index contributed by atoms with van der Waals surface area (Å²) in [5.74, 6) is -0.00655. The highest BCUT2D eigenvalue weighted by molar-refractivity contribution is 5.94. The maximum absolute atomic E-state index is 13.1. The van der Waals surface area contributed by atoms with Crippen molar-refractivity contribution in [2.24, 2.45) is 0 Å².